The lowest BCUT2D eigenvalue weighted by atomic mass is 10.1. The number of nitrogens with one attached hydrogen (secondary N) is 2. The molecule has 0 aliphatic carbocycles. The van der Waals surface area contributed by atoms with E-state index < -0.39 is 0 Å². The molecule has 1 aliphatic rings. The lowest BCUT2D eigenvalue weighted by molar-refractivity contribution is 0.174. The first-order valence-electron chi connectivity index (χ1n) is 7.91. The zero-order valence-electron chi connectivity index (χ0n) is 13.5. The van der Waals surface area contributed by atoms with Crippen LogP contribution in [0.4, 0.5) is 10.5 Å². The SMILES string of the molecule is CCOc1cccc(NC(=O)NCCc2ccc3c(c2)OCO3)c1. The van der Waals surface area contributed by atoms with Crippen molar-refractivity contribution < 1.29 is 19.0 Å². The van der Waals surface area contributed by atoms with Crippen LogP contribution in [-0.2, 0) is 6.42 Å². The minimum atomic E-state index is -0.246. The number of urea groups is 1. The Morgan fingerprint density at radius 1 is 1.17 bits per heavy atom. The van der Waals surface area contributed by atoms with Gasteiger partial charge in [0.2, 0.25) is 6.79 Å². The Labute approximate surface area is 140 Å². The van der Waals surface area contributed by atoms with Gasteiger partial charge < -0.3 is 24.8 Å². The third-order valence-corrected chi connectivity index (χ3v) is 3.54. The predicted octanol–water partition coefficient (Wildman–Crippen LogP) is 3.18. The molecule has 6 heteroatoms. The molecule has 0 spiro atoms. The van der Waals surface area contributed by atoms with Gasteiger partial charge in [-0.2, -0.15) is 0 Å². The summed E-state index contributed by atoms with van der Waals surface area (Å²) in [6.07, 6.45) is 0.711. The van der Waals surface area contributed by atoms with Gasteiger partial charge in [0.1, 0.15) is 5.75 Å². The van der Waals surface area contributed by atoms with Crippen molar-refractivity contribution in [3.8, 4) is 17.2 Å². The highest BCUT2D eigenvalue weighted by Gasteiger charge is 2.13. The van der Waals surface area contributed by atoms with E-state index in [-0.39, 0.29) is 12.8 Å². The maximum absolute atomic E-state index is 12.0. The second-order valence-corrected chi connectivity index (χ2v) is 5.28. The first-order chi connectivity index (χ1) is 11.7. The molecule has 0 fully saturated rings. The van der Waals surface area contributed by atoms with E-state index in [1.54, 1.807) is 6.07 Å². The molecular formula is C18H20N2O4. The van der Waals surface area contributed by atoms with Gasteiger partial charge in [-0.3, -0.25) is 0 Å². The van der Waals surface area contributed by atoms with Gasteiger partial charge in [0.15, 0.2) is 11.5 Å². The Kier molecular flexibility index (Phi) is 5.05. The van der Waals surface area contributed by atoms with Crippen molar-refractivity contribution in [2.24, 2.45) is 0 Å². The van der Waals surface area contributed by atoms with Crippen LogP contribution in [0.5, 0.6) is 17.2 Å². The van der Waals surface area contributed by atoms with Crippen molar-refractivity contribution in [1.82, 2.24) is 5.32 Å². The molecule has 3 rings (SSSR count). The summed E-state index contributed by atoms with van der Waals surface area (Å²) < 4.78 is 16.0. The third-order valence-electron chi connectivity index (χ3n) is 3.54. The number of rotatable bonds is 6. The minimum absolute atomic E-state index is 0.246. The summed E-state index contributed by atoms with van der Waals surface area (Å²) >= 11 is 0. The fraction of sp³-hybridized carbons (Fsp3) is 0.278. The Hall–Kier alpha value is -2.89. The molecule has 0 atom stereocenters. The topological polar surface area (TPSA) is 68.8 Å². The van der Waals surface area contributed by atoms with Crippen molar-refractivity contribution >= 4 is 11.7 Å². The monoisotopic (exact) mass is 328 g/mol. The van der Waals surface area contributed by atoms with Gasteiger partial charge in [0.05, 0.1) is 6.61 Å². The molecule has 1 heterocycles. The third kappa shape index (κ3) is 4.10. The second kappa shape index (κ2) is 7.59. The van der Waals surface area contributed by atoms with Crippen LogP contribution in [0.1, 0.15) is 12.5 Å². The lowest BCUT2D eigenvalue weighted by Crippen LogP contribution is -2.30. The van der Waals surface area contributed by atoms with E-state index in [0.717, 1.165) is 22.8 Å². The summed E-state index contributed by atoms with van der Waals surface area (Å²) in [6.45, 7) is 3.30. The maximum atomic E-state index is 12.0. The Morgan fingerprint density at radius 2 is 2.04 bits per heavy atom. The zero-order valence-corrected chi connectivity index (χ0v) is 13.5. The van der Waals surface area contributed by atoms with E-state index in [1.165, 1.54) is 0 Å². The molecule has 2 aromatic rings. The van der Waals surface area contributed by atoms with Gasteiger partial charge in [-0.1, -0.05) is 12.1 Å². The quantitative estimate of drug-likeness (QED) is 0.854. The summed E-state index contributed by atoms with van der Waals surface area (Å²) in [5.74, 6) is 2.25. The summed E-state index contributed by atoms with van der Waals surface area (Å²) in [6, 6.07) is 12.9. The predicted molar refractivity (Wildman–Crippen MR) is 90.9 cm³/mol. The highest BCUT2D eigenvalue weighted by Crippen LogP contribution is 2.32. The Balaban J connectivity index is 1.46. The molecule has 24 heavy (non-hydrogen) atoms. The maximum Gasteiger partial charge on any atom is 0.319 e. The lowest BCUT2D eigenvalue weighted by Gasteiger charge is -2.09. The Morgan fingerprint density at radius 3 is 2.92 bits per heavy atom. The van der Waals surface area contributed by atoms with Gasteiger partial charge in [-0.05, 0) is 43.2 Å². The standard InChI is InChI=1S/C18H20N2O4/c1-2-22-15-5-3-4-14(11-15)20-18(21)19-9-8-13-6-7-16-17(10-13)24-12-23-16/h3-7,10-11H,2,8-9,12H2,1H3,(H2,19,20,21). The van der Waals surface area contributed by atoms with Crippen molar-refractivity contribution in [3.63, 3.8) is 0 Å². The molecular weight excluding hydrogens is 308 g/mol. The number of amides is 2. The van der Waals surface area contributed by atoms with E-state index in [4.69, 9.17) is 14.2 Å². The summed E-state index contributed by atoms with van der Waals surface area (Å²) in [4.78, 5) is 12.0. The number of hydrogen-bond donors (Lipinski definition) is 2. The average Bonchev–Trinajstić information content (AvgIpc) is 3.03. The normalized spacial score (nSPS) is 11.9. The van der Waals surface area contributed by atoms with Gasteiger partial charge in [0, 0.05) is 18.3 Å². The molecule has 0 saturated heterocycles. The molecule has 0 aromatic heterocycles. The largest absolute Gasteiger partial charge is 0.494 e. The highest BCUT2D eigenvalue weighted by molar-refractivity contribution is 5.89. The average molecular weight is 328 g/mol. The molecule has 2 N–H and O–H groups in total. The number of benzene rings is 2. The molecule has 0 radical (unpaired) electrons. The smallest absolute Gasteiger partial charge is 0.319 e. The fourth-order valence-electron chi connectivity index (χ4n) is 2.42. The highest BCUT2D eigenvalue weighted by atomic mass is 16.7. The molecule has 1 aliphatic heterocycles. The van der Waals surface area contributed by atoms with Gasteiger partial charge in [-0.15, -0.1) is 0 Å². The summed E-state index contributed by atoms with van der Waals surface area (Å²) in [5.41, 5.74) is 1.78. The van der Waals surface area contributed by atoms with Crippen LogP contribution >= 0.6 is 0 Å². The van der Waals surface area contributed by atoms with Crippen LogP contribution in [-0.4, -0.2) is 26.0 Å². The first-order valence-corrected chi connectivity index (χ1v) is 7.91. The van der Waals surface area contributed by atoms with E-state index in [2.05, 4.69) is 10.6 Å². The molecule has 0 unspecified atom stereocenters. The van der Waals surface area contributed by atoms with Gasteiger partial charge >= 0.3 is 6.03 Å². The van der Waals surface area contributed by atoms with E-state index in [1.807, 2.05) is 43.3 Å². The molecule has 2 amide bonds. The van der Waals surface area contributed by atoms with Crippen LogP contribution in [0.2, 0.25) is 0 Å². The van der Waals surface area contributed by atoms with Crippen LogP contribution in [0.3, 0.4) is 0 Å². The zero-order chi connectivity index (χ0) is 16.8. The van der Waals surface area contributed by atoms with Crippen LogP contribution in [0.25, 0.3) is 0 Å². The van der Waals surface area contributed by atoms with Crippen LogP contribution < -0.4 is 24.8 Å². The van der Waals surface area contributed by atoms with E-state index in [9.17, 15) is 4.79 Å². The van der Waals surface area contributed by atoms with Crippen molar-refractivity contribution in [2.75, 3.05) is 25.3 Å². The number of fused-ring (bicyclic) bond motifs is 1. The molecule has 0 saturated carbocycles. The van der Waals surface area contributed by atoms with E-state index >= 15 is 0 Å². The molecule has 126 valence electrons. The van der Waals surface area contributed by atoms with Crippen molar-refractivity contribution in [1.29, 1.82) is 0 Å². The van der Waals surface area contributed by atoms with Gasteiger partial charge in [0.25, 0.3) is 0 Å². The molecule has 2 aromatic carbocycles. The van der Waals surface area contributed by atoms with Crippen molar-refractivity contribution in [3.05, 3.63) is 48.0 Å². The second-order valence-electron chi connectivity index (χ2n) is 5.28. The Bertz CT molecular complexity index is 718. The number of carbonyl (C=O) groups is 1. The fourth-order valence-corrected chi connectivity index (χ4v) is 2.42. The number of carbonyl (C=O) groups excluding carboxylic acids is 1. The number of ether oxygens (including phenoxy) is 3. The van der Waals surface area contributed by atoms with Gasteiger partial charge in [-0.25, -0.2) is 4.79 Å². The summed E-state index contributed by atoms with van der Waals surface area (Å²) in [7, 11) is 0. The first kappa shape index (κ1) is 16.0. The minimum Gasteiger partial charge on any atom is -0.494 e. The van der Waals surface area contributed by atoms with Crippen molar-refractivity contribution in [2.45, 2.75) is 13.3 Å². The molecule has 0 bridgehead atoms. The van der Waals surface area contributed by atoms with Crippen LogP contribution in [0.15, 0.2) is 42.5 Å². The summed E-state index contributed by atoms with van der Waals surface area (Å²) in [5, 5.41) is 5.63. The van der Waals surface area contributed by atoms with Crippen LogP contribution in [0, 0.1) is 0 Å². The number of hydrogen-bond acceptors (Lipinski definition) is 4. The van der Waals surface area contributed by atoms with E-state index in [0.29, 0.717) is 25.3 Å². The number of anilines is 1. The molecule has 6 nitrogen and oxygen atoms in total.